The van der Waals surface area contributed by atoms with Crippen molar-refractivity contribution in [2.24, 2.45) is 0 Å². The van der Waals surface area contributed by atoms with Crippen molar-refractivity contribution in [2.45, 2.75) is 5.92 Å². The van der Waals surface area contributed by atoms with Gasteiger partial charge in [0.25, 0.3) is 0 Å². The second-order valence-electron chi connectivity index (χ2n) is 5.57. The Morgan fingerprint density at radius 1 is 0.957 bits per heavy atom. The first kappa shape index (κ1) is 14.2. The molecule has 112 valence electrons. The third-order valence-electron chi connectivity index (χ3n) is 4.25. The summed E-state index contributed by atoms with van der Waals surface area (Å²) in [6.07, 6.45) is 0. The van der Waals surface area contributed by atoms with Crippen molar-refractivity contribution in [2.75, 3.05) is 0 Å². The third kappa shape index (κ3) is 2.20. The van der Waals surface area contributed by atoms with Gasteiger partial charge in [-0.05, 0) is 28.5 Å². The summed E-state index contributed by atoms with van der Waals surface area (Å²) in [6.45, 7) is 4.00. The number of rotatable bonds is 1. The zero-order valence-corrected chi connectivity index (χ0v) is 13.8. The molecule has 1 heterocycles. The Balaban J connectivity index is 2.07. The Hall–Kier alpha value is -2.39. The first-order chi connectivity index (χ1) is 11.2. The molecule has 23 heavy (non-hydrogen) atoms. The molecule has 3 aromatic rings. The van der Waals surface area contributed by atoms with Crippen molar-refractivity contribution in [3.8, 4) is 5.75 Å². The van der Waals surface area contributed by atoms with Gasteiger partial charge < -0.3 is 4.74 Å². The van der Waals surface area contributed by atoms with Crippen molar-refractivity contribution >= 4 is 32.7 Å². The molecule has 1 aliphatic heterocycles. The molecule has 3 heteroatoms. The maximum absolute atomic E-state index is 12.3. The van der Waals surface area contributed by atoms with Crippen LogP contribution in [0.15, 0.2) is 77.3 Å². The van der Waals surface area contributed by atoms with Crippen LogP contribution in [0.25, 0.3) is 10.8 Å². The summed E-state index contributed by atoms with van der Waals surface area (Å²) in [5, 5.41) is 2.20. The van der Waals surface area contributed by atoms with E-state index in [2.05, 4.69) is 34.6 Å². The first-order valence-corrected chi connectivity index (χ1v) is 8.13. The minimum absolute atomic E-state index is 0.215. The summed E-state index contributed by atoms with van der Waals surface area (Å²) in [4.78, 5) is 12.3. The Bertz CT molecular complexity index is 959. The van der Waals surface area contributed by atoms with Gasteiger partial charge in [0.1, 0.15) is 5.75 Å². The lowest BCUT2D eigenvalue weighted by Crippen LogP contribution is -2.24. The highest BCUT2D eigenvalue weighted by atomic mass is 79.9. The molecular formula is C20H13BrO2. The number of halogens is 1. The first-order valence-electron chi connectivity index (χ1n) is 7.34. The van der Waals surface area contributed by atoms with Crippen LogP contribution < -0.4 is 4.74 Å². The van der Waals surface area contributed by atoms with E-state index in [1.54, 1.807) is 0 Å². The highest BCUT2D eigenvalue weighted by Crippen LogP contribution is 2.46. The number of fused-ring (bicyclic) bond motifs is 3. The number of ether oxygens (including phenoxy) is 1. The average Bonchev–Trinajstić information content (AvgIpc) is 2.57. The summed E-state index contributed by atoms with van der Waals surface area (Å²) in [5.41, 5.74) is 2.48. The van der Waals surface area contributed by atoms with E-state index >= 15 is 0 Å². The molecule has 0 N–H and O–H groups in total. The monoisotopic (exact) mass is 364 g/mol. The van der Waals surface area contributed by atoms with E-state index in [4.69, 9.17) is 4.74 Å². The number of esters is 1. The standard InChI is InChI=1S/C20H13BrO2/c1-12-18(15-8-4-5-9-16(15)21)19-14-7-3-2-6-13(14)10-11-17(19)23-20(12)22/h2-11,18H,1H2. The molecule has 0 saturated heterocycles. The van der Waals surface area contributed by atoms with Crippen molar-refractivity contribution in [3.63, 3.8) is 0 Å². The van der Waals surface area contributed by atoms with E-state index in [9.17, 15) is 4.79 Å². The normalized spacial score (nSPS) is 17.0. The van der Waals surface area contributed by atoms with Crippen LogP contribution in [-0.4, -0.2) is 5.97 Å². The summed E-state index contributed by atoms with van der Waals surface area (Å²) in [5.74, 6) is 0.0308. The van der Waals surface area contributed by atoms with E-state index in [0.29, 0.717) is 11.3 Å². The van der Waals surface area contributed by atoms with Crippen LogP contribution in [0.3, 0.4) is 0 Å². The van der Waals surface area contributed by atoms with Gasteiger partial charge >= 0.3 is 5.97 Å². The summed E-state index contributed by atoms with van der Waals surface area (Å²) >= 11 is 3.60. The molecule has 0 aromatic heterocycles. The fraction of sp³-hybridized carbons (Fsp3) is 0.0500. The minimum Gasteiger partial charge on any atom is -0.423 e. The fourth-order valence-electron chi connectivity index (χ4n) is 3.17. The molecule has 0 spiro atoms. The van der Waals surface area contributed by atoms with Gasteiger partial charge in [-0.1, -0.05) is 71.0 Å². The van der Waals surface area contributed by atoms with Gasteiger partial charge in [0.2, 0.25) is 0 Å². The van der Waals surface area contributed by atoms with Gasteiger partial charge in [0, 0.05) is 21.5 Å². The zero-order chi connectivity index (χ0) is 16.0. The van der Waals surface area contributed by atoms with Crippen LogP contribution in [0.1, 0.15) is 17.0 Å². The second-order valence-corrected chi connectivity index (χ2v) is 6.42. The SMILES string of the molecule is C=C1C(=O)Oc2ccc3ccccc3c2C1c1ccccc1Br. The second kappa shape index (κ2) is 5.36. The molecule has 0 bridgehead atoms. The van der Waals surface area contributed by atoms with Crippen LogP contribution in [-0.2, 0) is 4.79 Å². The van der Waals surface area contributed by atoms with Crippen molar-refractivity contribution in [1.82, 2.24) is 0 Å². The largest absolute Gasteiger partial charge is 0.423 e. The summed E-state index contributed by atoms with van der Waals surface area (Å²) in [7, 11) is 0. The van der Waals surface area contributed by atoms with Crippen LogP contribution in [0.5, 0.6) is 5.75 Å². The number of hydrogen-bond acceptors (Lipinski definition) is 2. The Kier molecular flexibility index (Phi) is 3.31. The zero-order valence-electron chi connectivity index (χ0n) is 12.3. The smallest absolute Gasteiger partial charge is 0.339 e. The Morgan fingerprint density at radius 2 is 1.70 bits per heavy atom. The summed E-state index contributed by atoms with van der Waals surface area (Å²) in [6, 6.07) is 19.9. The number of benzene rings is 3. The van der Waals surface area contributed by atoms with Gasteiger partial charge in [0.05, 0.1) is 0 Å². The lowest BCUT2D eigenvalue weighted by molar-refractivity contribution is -0.131. The van der Waals surface area contributed by atoms with Gasteiger partial charge in [0.15, 0.2) is 0 Å². The van der Waals surface area contributed by atoms with Crippen molar-refractivity contribution < 1.29 is 9.53 Å². The van der Waals surface area contributed by atoms with Crippen molar-refractivity contribution in [3.05, 3.63) is 88.4 Å². The molecule has 0 saturated carbocycles. The van der Waals surface area contributed by atoms with Gasteiger partial charge in [-0.2, -0.15) is 0 Å². The molecule has 4 rings (SSSR count). The summed E-state index contributed by atoms with van der Waals surface area (Å²) < 4.78 is 6.45. The maximum Gasteiger partial charge on any atom is 0.339 e. The molecule has 0 radical (unpaired) electrons. The predicted molar refractivity (Wildman–Crippen MR) is 94.7 cm³/mol. The van der Waals surface area contributed by atoms with Crippen LogP contribution in [0.4, 0.5) is 0 Å². The van der Waals surface area contributed by atoms with E-state index in [-0.39, 0.29) is 11.9 Å². The quantitative estimate of drug-likeness (QED) is 0.336. The number of carbonyl (C=O) groups is 1. The third-order valence-corrected chi connectivity index (χ3v) is 4.97. The van der Waals surface area contributed by atoms with E-state index in [1.807, 2.05) is 48.5 Å². The lowest BCUT2D eigenvalue weighted by Gasteiger charge is -2.28. The van der Waals surface area contributed by atoms with E-state index in [1.165, 1.54) is 0 Å². The fourth-order valence-corrected chi connectivity index (χ4v) is 3.69. The molecular weight excluding hydrogens is 352 g/mol. The highest BCUT2D eigenvalue weighted by Gasteiger charge is 2.34. The van der Waals surface area contributed by atoms with Crippen LogP contribution >= 0.6 is 15.9 Å². The topological polar surface area (TPSA) is 26.3 Å². The lowest BCUT2D eigenvalue weighted by atomic mass is 9.81. The maximum atomic E-state index is 12.3. The minimum atomic E-state index is -0.367. The van der Waals surface area contributed by atoms with Gasteiger partial charge in [-0.25, -0.2) is 4.79 Å². The molecule has 2 nitrogen and oxygen atoms in total. The van der Waals surface area contributed by atoms with Crippen LogP contribution in [0.2, 0.25) is 0 Å². The van der Waals surface area contributed by atoms with E-state index < -0.39 is 0 Å². The highest BCUT2D eigenvalue weighted by molar-refractivity contribution is 9.10. The number of hydrogen-bond donors (Lipinski definition) is 0. The average molecular weight is 365 g/mol. The molecule has 1 aliphatic rings. The Labute approximate surface area is 142 Å². The van der Waals surface area contributed by atoms with Crippen molar-refractivity contribution in [1.29, 1.82) is 0 Å². The molecule has 1 atom stereocenters. The van der Waals surface area contributed by atoms with Gasteiger partial charge in [-0.15, -0.1) is 0 Å². The molecule has 0 amide bonds. The molecule has 1 unspecified atom stereocenters. The Morgan fingerprint density at radius 3 is 2.52 bits per heavy atom. The number of carbonyl (C=O) groups excluding carboxylic acids is 1. The van der Waals surface area contributed by atoms with Crippen LogP contribution in [0, 0.1) is 0 Å². The predicted octanol–water partition coefficient (Wildman–Crippen LogP) is 5.21. The molecule has 0 aliphatic carbocycles. The van der Waals surface area contributed by atoms with Gasteiger partial charge in [-0.3, -0.25) is 0 Å². The molecule has 0 fully saturated rings. The molecule has 3 aromatic carbocycles. The van der Waals surface area contributed by atoms with E-state index in [0.717, 1.165) is 26.4 Å².